The fraction of sp³-hybridized carbons (Fsp3) is 0.579. The number of rotatable bonds is 3. The van der Waals surface area contributed by atoms with Gasteiger partial charge in [0.1, 0.15) is 5.52 Å². The molecule has 2 atom stereocenters. The third-order valence-electron chi connectivity index (χ3n) is 5.46. The maximum atomic E-state index is 13.0. The van der Waals surface area contributed by atoms with Crippen LogP contribution in [-0.4, -0.2) is 66.1 Å². The molecule has 6 nitrogen and oxygen atoms in total. The van der Waals surface area contributed by atoms with E-state index in [1.54, 1.807) is 6.07 Å². The summed E-state index contributed by atoms with van der Waals surface area (Å²) in [6, 6.07) is 5.97. The number of ether oxygens (including phenoxy) is 1. The van der Waals surface area contributed by atoms with Crippen molar-refractivity contribution in [3.05, 3.63) is 29.7 Å². The highest BCUT2D eigenvalue weighted by atomic mass is 16.5. The van der Waals surface area contributed by atoms with Gasteiger partial charge in [-0.25, -0.2) is 4.98 Å². The van der Waals surface area contributed by atoms with Gasteiger partial charge in [0.2, 0.25) is 0 Å². The molecule has 2 fully saturated rings. The van der Waals surface area contributed by atoms with E-state index in [0.29, 0.717) is 23.3 Å². The number of nitrogens with zero attached hydrogens (tertiary/aromatic N) is 3. The first kappa shape index (κ1) is 16.5. The molecule has 0 bridgehead atoms. The molecule has 0 radical (unpaired) electrons. The summed E-state index contributed by atoms with van der Waals surface area (Å²) in [5.74, 6) is 0.877. The van der Waals surface area contributed by atoms with E-state index in [0.717, 1.165) is 57.0 Å². The van der Waals surface area contributed by atoms with E-state index in [1.807, 2.05) is 24.0 Å². The lowest BCUT2D eigenvalue weighted by Crippen LogP contribution is -2.47. The average Bonchev–Trinajstić information content (AvgIpc) is 3.25. The predicted octanol–water partition coefficient (Wildman–Crippen LogP) is 2.32. The fourth-order valence-electron chi connectivity index (χ4n) is 4.03. The molecule has 2 saturated heterocycles. The Morgan fingerprint density at radius 1 is 1.28 bits per heavy atom. The molecule has 0 aromatic carbocycles. The standard InChI is InChI=1S/C19H25N3O3/c1-3-14-11-22(12-16(14)21-6-8-24-9-7-21)19(23)18-10-15-17(25-18)5-4-13(2)20-15/h4-5,10,14,16H,3,6-9,11-12H2,1-2H3/t14-,16+/m0/s1. The molecule has 2 aromatic rings. The van der Waals surface area contributed by atoms with Gasteiger partial charge in [-0.1, -0.05) is 13.3 Å². The molecule has 0 unspecified atom stereocenters. The number of aryl methyl sites for hydroxylation is 1. The minimum absolute atomic E-state index is 0.0233. The van der Waals surface area contributed by atoms with Gasteiger partial charge in [0.05, 0.1) is 13.2 Å². The minimum atomic E-state index is -0.0233. The molecule has 0 N–H and O–H groups in total. The first-order valence-electron chi connectivity index (χ1n) is 9.14. The van der Waals surface area contributed by atoms with Crippen molar-refractivity contribution in [3.8, 4) is 0 Å². The van der Waals surface area contributed by atoms with Crippen LogP contribution in [0.5, 0.6) is 0 Å². The monoisotopic (exact) mass is 343 g/mol. The number of pyridine rings is 1. The summed E-state index contributed by atoms with van der Waals surface area (Å²) in [4.78, 5) is 21.8. The summed E-state index contributed by atoms with van der Waals surface area (Å²) >= 11 is 0. The zero-order chi connectivity index (χ0) is 17.4. The van der Waals surface area contributed by atoms with Crippen molar-refractivity contribution < 1.29 is 13.9 Å². The number of furan rings is 1. The van der Waals surface area contributed by atoms with E-state index in [4.69, 9.17) is 9.15 Å². The second kappa shape index (κ2) is 6.77. The number of morpholine rings is 1. The Bertz CT molecular complexity index is 766. The summed E-state index contributed by atoms with van der Waals surface area (Å²) in [6.07, 6.45) is 1.08. The molecular weight excluding hydrogens is 318 g/mol. The number of carbonyl (C=O) groups excluding carboxylic acids is 1. The molecule has 134 valence electrons. The number of hydrogen-bond acceptors (Lipinski definition) is 5. The lowest BCUT2D eigenvalue weighted by atomic mass is 9.99. The van der Waals surface area contributed by atoms with Gasteiger partial charge in [0.15, 0.2) is 11.3 Å². The van der Waals surface area contributed by atoms with Crippen molar-refractivity contribution in [2.24, 2.45) is 5.92 Å². The van der Waals surface area contributed by atoms with E-state index >= 15 is 0 Å². The number of hydrogen-bond donors (Lipinski definition) is 0. The second-order valence-corrected chi connectivity index (χ2v) is 7.04. The highest BCUT2D eigenvalue weighted by molar-refractivity contribution is 5.95. The topological polar surface area (TPSA) is 58.8 Å². The molecule has 4 heterocycles. The van der Waals surface area contributed by atoms with Crippen LogP contribution in [0.2, 0.25) is 0 Å². The van der Waals surface area contributed by atoms with Gasteiger partial charge in [0, 0.05) is 44.0 Å². The summed E-state index contributed by atoms with van der Waals surface area (Å²) in [5, 5.41) is 0. The number of likely N-dealkylation sites (tertiary alicyclic amines) is 1. The van der Waals surface area contributed by atoms with Gasteiger partial charge in [-0.3, -0.25) is 9.69 Å². The van der Waals surface area contributed by atoms with Crippen molar-refractivity contribution in [1.82, 2.24) is 14.8 Å². The van der Waals surface area contributed by atoms with Crippen LogP contribution in [0, 0.1) is 12.8 Å². The molecule has 0 saturated carbocycles. The first-order chi connectivity index (χ1) is 12.2. The summed E-state index contributed by atoms with van der Waals surface area (Å²) in [7, 11) is 0. The molecule has 0 aliphatic carbocycles. The minimum Gasteiger partial charge on any atom is -0.449 e. The highest BCUT2D eigenvalue weighted by Gasteiger charge is 2.39. The van der Waals surface area contributed by atoms with Crippen molar-refractivity contribution in [2.75, 3.05) is 39.4 Å². The van der Waals surface area contributed by atoms with Crippen molar-refractivity contribution >= 4 is 17.0 Å². The Hall–Kier alpha value is -1.92. The number of aromatic nitrogens is 1. The molecule has 6 heteroatoms. The Balaban J connectivity index is 1.53. The van der Waals surface area contributed by atoms with Crippen LogP contribution in [0.3, 0.4) is 0 Å². The van der Waals surface area contributed by atoms with Gasteiger partial charge in [-0.2, -0.15) is 0 Å². The third-order valence-corrected chi connectivity index (χ3v) is 5.46. The van der Waals surface area contributed by atoms with Crippen LogP contribution >= 0.6 is 0 Å². The number of fused-ring (bicyclic) bond motifs is 1. The van der Waals surface area contributed by atoms with Crippen molar-refractivity contribution in [1.29, 1.82) is 0 Å². The fourth-order valence-corrected chi connectivity index (χ4v) is 4.03. The van der Waals surface area contributed by atoms with Crippen LogP contribution in [0.1, 0.15) is 29.6 Å². The zero-order valence-corrected chi connectivity index (χ0v) is 14.9. The third kappa shape index (κ3) is 3.16. The van der Waals surface area contributed by atoms with Crippen LogP contribution in [0.15, 0.2) is 22.6 Å². The molecule has 25 heavy (non-hydrogen) atoms. The molecule has 2 aliphatic heterocycles. The lowest BCUT2D eigenvalue weighted by Gasteiger charge is -2.34. The molecule has 4 rings (SSSR count). The van der Waals surface area contributed by atoms with Crippen molar-refractivity contribution in [2.45, 2.75) is 26.3 Å². The summed E-state index contributed by atoms with van der Waals surface area (Å²) in [5.41, 5.74) is 2.34. The van der Waals surface area contributed by atoms with Crippen LogP contribution in [0.4, 0.5) is 0 Å². The van der Waals surface area contributed by atoms with Crippen LogP contribution in [0.25, 0.3) is 11.1 Å². The Kier molecular flexibility index (Phi) is 4.48. The largest absolute Gasteiger partial charge is 0.449 e. The van der Waals surface area contributed by atoms with E-state index in [2.05, 4.69) is 16.8 Å². The van der Waals surface area contributed by atoms with Gasteiger partial charge >= 0.3 is 0 Å². The molecule has 1 amide bonds. The van der Waals surface area contributed by atoms with Gasteiger partial charge in [0.25, 0.3) is 5.91 Å². The normalized spacial score (nSPS) is 25.0. The maximum Gasteiger partial charge on any atom is 0.289 e. The van der Waals surface area contributed by atoms with Crippen molar-refractivity contribution in [3.63, 3.8) is 0 Å². The summed E-state index contributed by atoms with van der Waals surface area (Å²) < 4.78 is 11.2. The van der Waals surface area contributed by atoms with E-state index in [9.17, 15) is 4.79 Å². The maximum absolute atomic E-state index is 13.0. The van der Waals surface area contributed by atoms with Gasteiger partial charge in [-0.05, 0) is 25.0 Å². The lowest BCUT2D eigenvalue weighted by molar-refractivity contribution is 0.0102. The summed E-state index contributed by atoms with van der Waals surface area (Å²) in [6.45, 7) is 9.19. The first-order valence-corrected chi connectivity index (χ1v) is 9.14. The molecule has 0 spiro atoms. The Morgan fingerprint density at radius 2 is 2.08 bits per heavy atom. The number of carbonyl (C=O) groups is 1. The van der Waals surface area contributed by atoms with Crippen LogP contribution < -0.4 is 0 Å². The SMILES string of the molecule is CC[C@H]1CN(C(=O)c2cc3nc(C)ccc3o2)C[C@H]1N1CCOCC1. The van der Waals surface area contributed by atoms with Gasteiger partial charge < -0.3 is 14.1 Å². The van der Waals surface area contributed by atoms with E-state index in [-0.39, 0.29) is 5.91 Å². The second-order valence-electron chi connectivity index (χ2n) is 7.04. The number of amides is 1. The van der Waals surface area contributed by atoms with E-state index < -0.39 is 0 Å². The average molecular weight is 343 g/mol. The Labute approximate surface area is 147 Å². The quantitative estimate of drug-likeness (QED) is 0.856. The molecular formula is C19H25N3O3. The van der Waals surface area contributed by atoms with Crippen LogP contribution in [-0.2, 0) is 4.74 Å². The predicted molar refractivity (Wildman–Crippen MR) is 94.6 cm³/mol. The zero-order valence-electron chi connectivity index (χ0n) is 14.9. The Morgan fingerprint density at radius 3 is 2.84 bits per heavy atom. The highest BCUT2D eigenvalue weighted by Crippen LogP contribution is 2.28. The smallest absolute Gasteiger partial charge is 0.289 e. The van der Waals surface area contributed by atoms with E-state index in [1.165, 1.54) is 0 Å². The molecule has 2 aliphatic rings. The molecule has 2 aromatic heterocycles. The van der Waals surface area contributed by atoms with Gasteiger partial charge in [-0.15, -0.1) is 0 Å².